The van der Waals surface area contributed by atoms with Crippen LogP contribution in [-0.4, -0.2) is 6.71 Å². The van der Waals surface area contributed by atoms with Gasteiger partial charge in [-0.1, -0.05) is 67.5 Å². The molecule has 2 rings (SSSR count). The van der Waals surface area contributed by atoms with Crippen LogP contribution in [0.3, 0.4) is 0 Å². The molecule has 0 fully saturated rings. The summed E-state index contributed by atoms with van der Waals surface area (Å²) < 4.78 is 13.3. The summed E-state index contributed by atoms with van der Waals surface area (Å²) in [7, 11) is 0. The van der Waals surface area contributed by atoms with Gasteiger partial charge >= 0.3 is 0 Å². The highest BCUT2D eigenvalue weighted by Gasteiger charge is 2.17. The van der Waals surface area contributed by atoms with Crippen LogP contribution < -0.4 is 10.9 Å². The van der Waals surface area contributed by atoms with Crippen molar-refractivity contribution in [2.24, 2.45) is 0 Å². The zero-order valence-electron chi connectivity index (χ0n) is 11.0. The molecule has 0 aromatic heterocycles. The van der Waals surface area contributed by atoms with Crippen molar-refractivity contribution < 1.29 is 4.39 Å². The highest BCUT2D eigenvalue weighted by atomic mass is 19.1. The predicted octanol–water partition coefficient (Wildman–Crippen LogP) is 3.02. The molecule has 0 amide bonds. The van der Waals surface area contributed by atoms with Crippen LogP contribution in [0, 0.1) is 5.82 Å². The summed E-state index contributed by atoms with van der Waals surface area (Å²) in [6.07, 6.45) is 2.02. The van der Waals surface area contributed by atoms with Gasteiger partial charge in [-0.25, -0.2) is 4.39 Å². The van der Waals surface area contributed by atoms with Crippen molar-refractivity contribution in [1.82, 2.24) is 0 Å². The van der Waals surface area contributed by atoms with Gasteiger partial charge in [0.05, 0.1) is 0 Å². The van der Waals surface area contributed by atoms with Gasteiger partial charge < -0.3 is 0 Å². The monoisotopic (exact) mass is 240 g/mol. The third-order valence-corrected chi connectivity index (χ3v) is 3.42. The van der Waals surface area contributed by atoms with Crippen LogP contribution in [0.2, 0.25) is 6.32 Å². The number of aryl methyl sites for hydroxylation is 1. The topological polar surface area (TPSA) is 0 Å². The Morgan fingerprint density at radius 3 is 2.22 bits per heavy atom. The molecule has 0 N–H and O–H groups in total. The largest absolute Gasteiger partial charge is 0.209 e. The highest BCUT2D eigenvalue weighted by Crippen LogP contribution is 2.03. The van der Waals surface area contributed by atoms with E-state index in [1.54, 1.807) is 12.1 Å². The van der Waals surface area contributed by atoms with E-state index in [0.29, 0.717) is 0 Å². The molecule has 0 spiro atoms. The molecule has 18 heavy (non-hydrogen) atoms. The van der Waals surface area contributed by atoms with Crippen molar-refractivity contribution in [2.45, 2.75) is 26.6 Å². The first-order chi connectivity index (χ1) is 8.74. The minimum absolute atomic E-state index is 0.155. The van der Waals surface area contributed by atoms with E-state index in [1.807, 2.05) is 6.07 Å². The summed E-state index contributed by atoms with van der Waals surface area (Å²) in [5.41, 5.74) is 3.68. The van der Waals surface area contributed by atoms with Gasteiger partial charge in [0.15, 0.2) is 0 Å². The van der Waals surface area contributed by atoms with Gasteiger partial charge in [0, 0.05) is 0 Å². The van der Waals surface area contributed by atoms with Crippen LogP contribution in [-0.2, 0) is 6.42 Å². The average Bonchev–Trinajstić information content (AvgIpc) is 2.40. The maximum Gasteiger partial charge on any atom is 0.209 e. The minimum atomic E-state index is -0.155. The molecule has 0 atom stereocenters. The third-order valence-electron chi connectivity index (χ3n) is 3.42. The number of benzene rings is 2. The smallest absolute Gasteiger partial charge is 0.207 e. The van der Waals surface area contributed by atoms with Crippen molar-refractivity contribution in [3.8, 4) is 0 Å². The quantitative estimate of drug-likeness (QED) is 0.720. The van der Waals surface area contributed by atoms with Gasteiger partial charge in [-0.05, 0) is 24.1 Å². The summed E-state index contributed by atoms with van der Waals surface area (Å²) in [4.78, 5) is 0. The van der Waals surface area contributed by atoms with Gasteiger partial charge in [-0.3, -0.25) is 0 Å². The van der Waals surface area contributed by atoms with Crippen molar-refractivity contribution in [3.05, 3.63) is 59.9 Å². The second kappa shape index (κ2) is 5.86. The van der Waals surface area contributed by atoms with E-state index in [9.17, 15) is 4.39 Å². The Bertz CT molecular complexity index is 522. The molecule has 0 aliphatic heterocycles. The van der Waals surface area contributed by atoms with Crippen LogP contribution in [0.25, 0.3) is 0 Å². The normalized spacial score (nSPS) is 10.4. The van der Waals surface area contributed by atoms with Crippen molar-refractivity contribution in [1.29, 1.82) is 0 Å². The summed E-state index contributed by atoms with van der Waals surface area (Å²) in [6.45, 7) is 4.59. The van der Waals surface area contributed by atoms with Crippen LogP contribution in [0.15, 0.2) is 48.5 Å². The third kappa shape index (κ3) is 2.81. The zero-order valence-corrected chi connectivity index (χ0v) is 11.0. The van der Waals surface area contributed by atoms with Crippen LogP contribution in [0.5, 0.6) is 0 Å². The second-order valence-corrected chi connectivity index (χ2v) is 4.61. The minimum Gasteiger partial charge on any atom is -0.207 e. The van der Waals surface area contributed by atoms with Crippen molar-refractivity contribution >= 4 is 17.6 Å². The Balaban J connectivity index is 2.38. The van der Waals surface area contributed by atoms with Crippen molar-refractivity contribution in [2.75, 3.05) is 0 Å². The van der Waals surface area contributed by atoms with Crippen molar-refractivity contribution in [3.63, 3.8) is 0 Å². The van der Waals surface area contributed by atoms with Gasteiger partial charge in [0.2, 0.25) is 6.71 Å². The summed E-state index contributed by atoms with van der Waals surface area (Å²) in [6, 6.07) is 15.5. The zero-order chi connectivity index (χ0) is 13.0. The molecule has 0 saturated carbocycles. The molecule has 0 nitrogen and oxygen atoms in total. The Morgan fingerprint density at radius 2 is 1.61 bits per heavy atom. The molecule has 0 saturated heterocycles. The van der Waals surface area contributed by atoms with E-state index in [-0.39, 0.29) is 12.5 Å². The van der Waals surface area contributed by atoms with E-state index >= 15 is 0 Å². The van der Waals surface area contributed by atoms with E-state index in [0.717, 1.165) is 18.2 Å². The lowest BCUT2D eigenvalue weighted by molar-refractivity contribution is 0.629. The number of hydrogen-bond donors (Lipinski definition) is 0. The summed E-state index contributed by atoms with van der Waals surface area (Å²) in [5.74, 6) is -0.155. The molecule has 0 aliphatic carbocycles. The molecule has 0 unspecified atom stereocenters. The number of hydrogen-bond acceptors (Lipinski definition) is 0. The van der Waals surface area contributed by atoms with Gasteiger partial charge in [-0.15, -0.1) is 0 Å². The molecule has 0 aliphatic rings. The number of rotatable bonds is 4. The molecule has 2 aromatic carbocycles. The lowest BCUT2D eigenvalue weighted by atomic mass is 9.39. The average molecular weight is 240 g/mol. The first-order valence-corrected chi connectivity index (χ1v) is 6.59. The highest BCUT2D eigenvalue weighted by molar-refractivity contribution is 6.85. The van der Waals surface area contributed by atoms with Gasteiger partial charge in [-0.2, -0.15) is 0 Å². The molecule has 2 aromatic rings. The molecule has 0 heterocycles. The van der Waals surface area contributed by atoms with Crippen LogP contribution in [0.4, 0.5) is 4.39 Å². The van der Waals surface area contributed by atoms with E-state index in [1.165, 1.54) is 17.1 Å². The Hall–Kier alpha value is -1.57. The van der Waals surface area contributed by atoms with Gasteiger partial charge in [0.1, 0.15) is 5.82 Å². The molecular weight excluding hydrogens is 222 g/mol. The fourth-order valence-electron chi connectivity index (χ4n) is 2.42. The summed E-state index contributed by atoms with van der Waals surface area (Å²) in [5, 5.41) is 0. The lowest BCUT2D eigenvalue weighted by Crippen LogP contribution is -2.41. The van der Waals surface area contributed by atoms with E-state index in [4.69, 9.17) is 0 Å². The van der Waals surface area contributed by atoms with E-state index < -0.39 is 0 Å². The first kappa shape index (κ1) is 12.9. The number of halogens is 1. The Morgan fingerprint density at radius 1 is 0.944 bits per heavy atom. The van der Waals surface area contributed by atoms with Crippen LogP contribution >= 0.6 is 0 Å². The molecule has 2 heteroatoms. The molecule has 0 bridgehead atoms. The fourth-order valence-corrected chi connectivity index (χ4v) is 2.42. The Labute approximate surface area is 109 Å². The second-order valence-electron chi connectivity index (χ2n) is 4.61. The predicted molar refractivity (Wildman–Crippen MR) is 77.7 cm³/mol. The maximum absolute atomic E-state index is 13.3. The molecular formula is C16H18BF. The first-order valence-electron chi connectivity index (χ1n) is 6.59. The molecule has 92 valence electrons. The Kier molecular flexibility index (Phi) is 4.19. The van der Waals surface area contributed by atoms with E-state index in [2.05, 4.69) is 38.1 Å². The maximum atomic E-state index is 13.3. The van der Waals surface area contributed by atoms with Gasteiger partial charge in [0.25, 0.3) is 0 Å². The standard InChI is InChI=1S/C16H18BF/c1-3-13-7-5-8-14(11-13)17(4-2)15-9-6-10-16(18)12-15/h5-12H,3-4H2,1-2H3. The SMILES string of the molecule is CCB(c1cccc(F)c1)c1cccc(CC)c1. The summed E-state index contributed by atoms with van der Waals surface area (Å²) >= 11 is 0. The van der Waals surface area contributed by atoms with Crippen LogP contribution in [0.1, 0.15) is 19.4 Å². The fraction of sp³-hybridized carbons (Fsp3) is 0.250. The lowest BCUT2D eigenvalue weighted by Gasteiger charge is -2.13. The molecule has 0 radical (unpaired) electrons.